The molecule has 0 unspecified atom stereocenters. The Morgan fingerprint density at radius 1 is 1.15 bits per heavy atom. The van der Waals surface area contributed by atoms with Crippen molar-refractivity contribution >= 4 is 44.8 Å². The number of rotatable bonds is 8. The first-order valence-electron chi connectivity index (χ1n) is 8.99. The summed E-state index contributed by atoms with van der Waals surface area (Å²) in [5, 5.41) is 11.1. The third kappa shape index (κ3) is 6.38. The zero-order valence-electron chi connectivity index (χ0n) is 16.4. The maximum Gasteiger partial charge on any atom is 0.333 e. The van der Waals surface area contributed by atoms with Crippen LogP contribution in [-0.2, 0) is 27.8 Å². The lowest BCUT2D eigenvalue weighted by molar-refractivity contribution is -0.115. The molecular formula is C19H15Cl2F3N4O4S. The Morgan fingerprint density at radius 3 is 2.45 bits per heavy atom. The number of carbonyl (C=O) groups excluding carboxylic acids is 1. The number of halogens is 5. The number of nitrogens with one attached hydrogen (secondary N) is 1. The van der Waals surface area contributed by atoms with Crippen molar-refractivity contribution in [3.05, 3.63) is 69.6 Å². The van der Waals surface area contributed by atoms with Crippen LogP contribution in [0.15, 0.2) is 47.5 Å². The first-order valence-corrected chi connectivity index (χ1v) is 11.3. The number of benzene rings is 2. The number of carbonyl (C=O) groups is 1. The summed E-state index contributed by atoms with van der Waals surface area (Å²) in [5.41, 5.74) is 0.540. The SMILES string of the molecule is NS(=O)(=O)c1cc(NC(=O)Cc2ccc(F)cc2Cl)ccc1COc1nn(C(F)F)cc1Cl. The van der Waals surface area contributed by atoms with Gasteiger partial charge >= 0.3 is 6.55 Å². The fourth-order valence-electron chi connectivity index (χ4n) is 2.76. The topological polar surface area (TPSA) is 116 Å². The highest BCUT2D eigenvalue weighted by molar-refractivity contribution is 7.89. The van der Waals surface area contributed by atoms with Gasteiger partial charge in [0, 0.05) is 16.3 Å². The van der Waals surface area contributed by atoms with E-state index < -0.39 is 34.9 Å². The zero-order valence-corrected chi connectivity index (χ0v) is 18.8. The molecule has 176 valence electrons. The van der Waals surface area contributed by atoms with Gasteiger partial charge in [0.15, 0.2) is 0 Å². The van der Waals surface area contributed by atoms with Crippen molar-refractivity contribution in [2.45, 2.75) is 24.5 Å². The van der Waals surface area contributed by atoms with Crippen LogP contribution in [0.5, 0.6) is 5.88 Å². The fraction of sp³-hybridized carbons (Fsp3) is 0.158. The highest BCUT2D eigenvalue weighted by Gasteiger charge is 2.19. The summed E-state index contributed by atoms with van der Waals surface area (Å²) in [5.74, 6) is -1.43. The highest BCUT2D eigenvalue weighted by atomic mass is 35.5. The molecule has 8 nitrogen and oxygen atoms in total. The van der Waals surface area contributed by atoms with E-state index in [1.165, 1.54) is 18.2 Å². The molecule has 0 saturated carbocycles. The van der Waals surface area contributed by atoms with E-state index in [2.05, 4.69) is 10.4 Å². The Morgan fingerprint density at radius 2 is 1.85 bits per heavy atom. The molecule has 33 heavy (non-hydrogen) atoms. The van der Waals surface area contributed by atoms with Crippen LogP contribution in [-0.4, -0.2) is 24.1 Å². The van der Waals surface area contributed by atoms with Crippen LogP contribution in [0.25, 0.3) is 0 Å². The predicted molar refractivity (Wildman–Crippen MR) is 114 cm³/mol. The number of primary sulfonamides is 1. The molecule has 3 aromatic rings. The van der Waals surface area contributed by atoms with Crippen LogP contribution < -0.4 is 15.2 Å². The summed E-state index contributed by atoms with van der Waals surface area (Å²) in [6.45, 7) is -3.35. The number of hydrogen-bond donors (Lipinski definition) is 2. The van der Waals surface area contributed by atoms with E-state index in [-0.39, 0.29) is 43.2 Å². The zero-order chi connectivity index (χ0) is 24.3. The molecule has 0 spiro atoms. The summed E-state index contributed by atoms with van der Waals surface area (Å²) in [4.78, 5) is 11.9. The van der Waals surface area contributed by atoms with Crippen LogP contribution in [0, 0.1) is 5.82 Å². The molecule has 0 atom stereocenters. The third-order valence-corrected chi connectivity index (χ3v) is 5.85. The van der Waals surface area contributed by atoms with E-state index in [0.29, 0.717) is 5.56 Å². The Bertz CT molecular complexity index is 1300. The number of hydrogen-bond acceptors (Lipinski definition) is 5. The lowest BCUT2D eigenvalue weighted by Gasteiger charge is -2.12. The molecule has 3 N–H and O–H groups in total. The largest absolute Gasteiger partial charge is 0.471 e. The van der Waals surface area contributed by atoms with Gasteiger partial charge < -0.3 is 10.1 Å². The van der Waals surface area contributed by atoms with Crippen molar-refractivity contribution in [2.24, 2.45) is 5.14 Å². The molecule has 2 aromatic carbocycles. The number of amides is 1. The first-order chi connectivity index (χ1) is 15.4. The number of anilines is 1. The molecule has 1 heterocycles. The maximum atomic E-state index is 13.1. The van der Waals surface area contributed by atoms with Crippen LogP contribution >= 0.6 is 23.2 Å². The summed E-state index contributed by atoms with van der Waals surface area (Å²) < 4.78 is 68.2. The van der Waals surface area contributed by atoms with E-state index in [0.717, 1.165) is 24.4 Å². The Labute approximate surface area is 196 Å². The van der Waals surface area contributed by atoms with Crippen LogP contribution in [0.4, 0.5) is 18.9 Å². The number of nitrogens with zero attached hydrogens (tertiary/aromatic N) is 2. The van der Waals surface area contributed by atoms with Crippen LogP contribution in [0.1, 0.15) is 17.7 Å². The molecule has 0 aliphatic rings. The van der Waals surface area contributed by atoms with Gasteiger partial charge in [-0.15, -0.1) is 5.10 Å². The number of sulfonamides is 1. The van der Waals surface area contributed by atoms with Gasteiger partial charge in [-0.05, 0) is 29.8 Å². The van der Waals surface area contributed by atoms with Crippen molar-refractivity contribution in [1.82, 2.24) is 9.78 Å². The summed E-state index contributed by atoms with van der Waals surface area (Å²) >= 11 is 11.7. The molecule has 3 rings (SSSR count). The smallest absolute Gasteiger partial charge is 0.333 e. The second-order valence-electron chi connectivity index (χ2n) is 6.66. The average molecular weight is 523 g/mol. The normalized spacial score (nSPS) is 11.6. The number of ether oxygens (including phenoxy) is 1. The van der Waals surface area contributed by atoms with E-state index in [9.17, 15) is 26.4 Å². The molecule has 0 saturated heterocycles. The van der Waals surface area contributed by atoms with Gasteiger partial charge in [-0.25, -0.2) is 22.6 Å². The monoisotopic (exact) mass is 522 g/mol. The average Bonchev–Trinajstić information content (AvgIpc) is 3.09. The van der Waals surface area contributed by atoms with E-state index >= 15 is 0 Å². The highest BCUT2D eigenvalue weighted by Crippen LogP contribution is 2.27. The number of alkyl halides is 2. The molecule has 0 aliphatic heterocycles. The Hall–Kier alpha value is -2.80. The van der Waals surface area contributed by atoms with Crippen molar-refractivity contribution in [2.75, 3.05) is 5.32 Å². The van der Waals surface area contributed by atoms with E-state index in [1.54, 1.807) is 0 Å². The molecule has 14 heteroatoms. The summed E-state index contributed by atoms with van der Waals surface area (Å²) in [7, 11) is -4.26. The lowest BCUT2D eigenvalue weighted by atomic mass is 10.1. The van der Waals surface area contributed by atoms with Crippen molar-refractivity contribution in [3.8, 4) is 5.88 Å². The minimum atomic E-state index is -4.26. The molecule has 0 radical (unpaired) electrons. The number of aromatic nitrogens is 2. The van der Waals surface area contributed by atoms with Gasteiger partial charge in [0.1, 0.15) is 17.4 Å². The second-order valence-corrected chi connectivity index (χ2v) is 9.00. The molecular weight excluding hydrogens is 508 g/mol. The van der Waals surface area contributed by atoms with Crippen molar-refractivity contribution in [1.29, 1.82) is 0 Å². The first kappa shape index (κ1) is 24.8. The predicted octanol–water partition coefficient (Wildman–Crippen LogP) is 4.13. The van der Waals surface area contributed by atoms with Gasteiger partial charge in [0.2, 0.25) is 15.9 Å². The standard InChI is InChI=1S/C19H15Cl2F3N4O4S/c20-14-6-12(22)3-1-10(14)5-17(29)26-13-4-2-11(16(7-13)33(25,30)31)9-32-18-15(21)8-28(27-18)19(23)24/h1-4,6-8,19H,5,9H2,(H,26,29)(H2,25,30,31). The van der Waals surface area contributed by atoms with E-state index in [4.69, 9.17) is 33.1 Å². The van der Waals surface area contributed by atoms with Gasteiger partial charge in [0.25, 0.3) is 5.88 Å². The van der Waals surface area contributed by atoms with Gasteiger partial charge in [-0.3, -0.25) is 4.79 Å². The summed E-state index contributed by atoms with van der Waals surface area (Å²) in [6, 6.07) is 7.38. The molecule has 0 bridgehead atoms. The minimum absolute atomic E-state index is 0.0656. The van der Waals surface area contributed by atoms with Gasteiger partial charge in [0.05, 0.1) is 17.5 Å². The summed E-state index contributed by atoms with van der Waals surface area (Å²) in [6.07, 6.45) is 0.661. The van der Waals surface area contributed by atoms with Gasteiger partial charge in [-0.2, -0.15) is 8.78 Å². The van der Waals surface area contributed by atoms with Crippen molar-refractivity contribution < 1.29 is 31.1 Å². The third-order valence-electron chi connectivity index (χ3n) is 4.24. The lowest BCUT2D eigenvalue weighted by Crippen LogP contribution is -2.18. The Kier molecular flexibility index (Phi) is 7.52. The molecule has 1 aromatic heterocycles. The van der Waals surface area contributed by atoms with Crippen molar-refractivity contribution in [3.63, 3.8) is 0 Å². The maximum absolute atomic E-state index is 13.1. The minimum Gasteiger partial charge on any atom is -0.471 e. The van der Waals surface area contributed by atoms with Gasteiger partial charge in [-0.1, -0.05) is 35.3 Å². The second kappa shape index (κ2) is 10.00. The van der Waals surface area contributed by atoms with E-state index in [1.807, 2.05) is 0 Å². The molecule has 1 amide bonds. The fourth-order valence-corrected chi connectivity index (χ4v) is 3.97. The molecule has 0 fully saturated rings. The Balaban J connectivity index is 1.77. The quantitative estimate of drug-likeness (QED) is 0.461. The van der Waals surface area contributed by atoms with Crippen LogP contribution in [0.3, 0.4) is 0 Å². The van der Waals surface area contributed by atoms with Crippen LogP contribution in [0.2, 0.25) is 10.0 Å². The number of nitrogens with two attached hydrogens (primary N) is 1. The molecule has 0 aliphatic carbocycles.